The van der Waals surface area contributed by atoms with Crippen molar-refractivity contribution in [3.05, 3.63) is 29.6 Å². The van der Waals surface area contributed by atoms with Gasteiger partial charge in [0.05, 0.1) is 17.1 Å². The minimum absolute atomic E-state index is 0.0199. The van der Waals surface area contributed by atoms with Gasteiger partial charge in [-0.2, -0.15) is 0 Å². The van der Waals surface area contributed by atoms with E-state index in [1.807, 2.05) is 0 Å². The van der Waals surface area contributed by atoms with E-state index in [-0.39, 0.29) is 23.7 Å². The molecule has 0 aliphatic carbocycles. The molecule has 0 aliphatic heterocycles. The van der Waals surface area contributed by atoms with Crippen LogP contribution < -0.4 is 4.74 Å². The predicted molar refractivity (Wildman–Crippen MR) is 71.5 cm³/mol. The van der Waals surface area contributed by atoms with E-state index in [4.69, 9.17) is 4.74 Å². The van der Waals surface area contributed by atoms with Gasteiger partial charge in [-0.25, -0.2) is 12.8 Å². The standard InChI is InChI=1S/C13H19FO4S/c1-9(2)19(16,17)7-6-18-11-4-5-12(10(3)15)13(14)8-11/h4-5,8-10,15H,6-7H2,1-3H3. The Morgan fingerprint density at radius 3 is 2.42 bits per heavy atom. The third-order valence-corrected chi connectivity index (χ3v) is 4.95. The van der Waals surface area contributed by atoms with Crippen LogP contribution in [0.25, 0.3) is 0 Å². The van der Waals surface area contributed by atoms with Crippen LogP contribution >= 0.6 is 0 Å². The fourth-order valence-corrected chi connectivity index (χ4v) is 2.23. The van der Waals surface area contributed by atoms with Crippen molar-refractivity contribution in [3.8, 4) is 5.75 Å². The summed E-state index contributed by atoms with van der Waals surface area (Å²) >= 11 is 0. The summed E-state index contributed by atoms with van der Waals surface area (Å²) in [5.41, 5.74) is 0.183. The van der Waals surface area contributed by atoms with Gasteiger partial charge in [-0.15, -0.1) is 0 Å². The largest absolute Gasteiger partial charge is 0.492 e. The van der Waals surface area contributed by atoms with Crippen LogP contribution in [0.2, 0.25) is 0 Å². The highest BCUT2D eigenvalue weighted by Gasteiger charge is 2.16. The first-order chi connectivity index (χ1) is 8.74. The van der Waals surface area contributed by atoms with E-state index in [0.717, 1.165) is 6.07 Å². The summed E-state index contributed by atoms with van der Waals surface area (Å²) in [6.07, 6.45) is -0.893. The third-order valence-electron chi connectivity index (χ3n) is 2.78. The number of aliphatic hydroxyl groups is 1. The maximum atomic E-state index is 13.5. The Hall–Kier alpha value is -1.14. The first-order valence-corrected chi connectivity index (χ1v) is 7.77. The normalized spacial score (nSPS) is 13.6. The van der Waals surface area contributed by atoms with Gasteiger partial charge in [0.25, 0.3) is 0 Å². The minimum atomic E-state index is -3.16. The van der Waals surface area contributed by atoms with Crippen molar-refractivity contribution >= 4 is 9.84 Å². The number of rotatable bonds is 6. The Morgan fingerprint density at radius 1 is 1.32 bits per heavy atom. The maximum Gasteiger partial charge on any atom is 0.155 e. The van der Waals surface area contributed by atoms with Crippen LogP contribution in [-0.2, 0) is 9.84 Å². The molecule has 1 aromatic rings. The number of benzene rings is 1. The van der Waals surface area contributed by atoms with E-state index in [1.165, 1.54) is 19.1 Å². The highest BCUT2D eigenvalue weighted by molar-refractivity contribution is 7.91. The van der Waals surface area contributed by atoms with Gasteiger partial charge in [-0.05, 0) is 32.9 Å². The molecule has 0 radical (unpaired) electrons. The average molecular weight is 290 g/mol. The number of sulfone groups is 1. The van der Waals surface area contributed by atoms with Crippen LogP contribution in [0.1, 0.15) is 32.4 Å². The highest BCUT2D eigenvalue weighted by atomic mass is 32.2. The summed E-state index contributed by atoms with van der Waals surface area (Å²) in [7, 11) is -3.16. The zero-order chi connectivity index (χ0) is 14.6. The molecule has 6 heteroatoms. The van der Waals surface area contributed by atoms with Crippen LogP contribution in [0.15, 0.2) is 18.2 Å². The molecule has 0 saturated carbocycles. The van der Waals surface area contributed by atoms with Crippen molar-refractivity contribution in [2.24, 2.45) is 0 Å². The van der Waals surface area contributed by atoms with Crippen LogP contribution in [0, 0.1) is 5.82 Å². The number of hydrogen-bond donors (Lipinski definition) is 1. The van der Waals surface area contributed by atoms with Gasteiger partial charge >= 0.3 is 0 Å². The topological polar surface area (TPSA) is 63.6 Å². The van der Waals surface area contributed by atoms with E-state index in [0.29, 0.717) is 0 Å². The van der Waals surface area contributed by atoms with Gasteiger partial charge in [0.15, 0.2) is 9.84 Å². The summed E-state index contributed by atoms with van der Waals surface area (Å²) in [5.74, 6) is -0.426. The zero-order valence-electron chi connectivity index (χ0n) is 11.3. The fraction of sp³-hybridized carbons (Fsp3) is 0.538. The average Bonchev–Trinajstić information content (AvgIpc) is 2.28. The van der Waals surface area contributed by atoms with E-state index in [1.54, 1.807) is 13.8 Å². The fourth-order valence-electron chi connectivity index (χ4n) is 1.45. The molecule has 0 amide bonds. The molecule has 108 valence electrons. The number of aliphatic hydroxyl groups excluding tert-OH is 1. The smallest absolute Gasteiger partial charge is 0.155 e. The maximum absolute atomic E-state index is 13.5. The molecular formula is C13H19FO4S. The Morgan fingerprint density at radius 2 is 1.95 bits per heavy atom. The molecule has 0 fully saturated rings. The van der Waals surface area contributed by atoms with Gasteiger partial charge in [0, 0.05) is 11.6 Å². The summed E-state index contributed by atoms with van der Waals surface area (Å²) in [6, 6.07) is 4.07. The minimum Gasteiger partial charge on any atom is -0.492 e. The van der Waals surface area contributed by atoms with E-state index in [9.17, 15) is 17.9 Å². The van der Waals surface area contributed by atoms with Crippen LogP contribution in [0.4, 0.5) is 4.39 Å². The van der Waals surface area contributed by atoms with Crippen molar-refractivity contribution in [2.75, 3.05) is 12.4 Å². The first kappa shape index (κ1) is 15.9. The van der Waals surface area contributed by atoms with Gasteiger partial charge in [-0.1, -0.05) is 0 Å². The lowest BCUT2D eigenvalue weighted by Gasteiger charge is -2.11. The molecule has 4 nitrogen and oxygen atoms in total. The summed E-state index contributed by atoms with van der Waals surface area (Å²) in [6.45, 7) is 4.65. The lowest BCUT2D eigenvalue weighted by Crippen LogP contribution is -2.22. The molecule has 0 bridgehead atoms. The van der Waals surface area contributed by atoms with Crippen LogP contribution in [0.3, 0.4) is 0 Å². The first-order valence-electron chi connectivity index (χ1n) is 6.06. The van der Waals surface area contributed by atoms with Crippen molar-refractivity contribution < 1.29 is 22.7 Å². The quantitative estimate of drug-likeness (QED) is 0.871. The Bertz CT molecular complexity index is 523. The summed E-state index contributed by atoms with van der Waals surface area (Å²) < 4.78 is 41.8. The molecule has 1 aromatic carbocycles. The number of ether oxygens (including phenoxy) is 1. The molecule has 0 aliphatic rings. The Kier molecular flexibility index (Phi) is 5.31. The van der Waals surface area contributed by atoms with E-state index in [2.05, 4.69) is 0 Å². The molecule has 0 saturated heterocycles. The van der Waals surface area contributed by atoms with Crippen LogP contribution in [-0.4, -0.2) is 31.1 Å². The summed E-state index contributed by atoms with van der Waals surface area (Å²) in [4.78, 5) is 0. The van der Waals surface area contributed by atoms with E-state index < -0.39 is 27.0 Å². The molecule has 1 unspecified atom stereocenters. The molecule has 1 atom stereocenters. The van der Waals surface area contributed by atoms with Gasteiger partial charge < -0.3 is 9.84 Å². The second-order valence-electron chi connectivity index (χ2n) is 4.62. The molecular weight excluding hydrogens is 271 g/mol. The lowest BCUT2D eigenvalue weighted by atomic mass is 10.1. The Labute approximate surface area is 113 Å². The van der Waals surface area contributed by atoms with Gasteiger partial charge in [0.2, 0.25) is 0 Å². The van der Waals surface area contributed by atoms with Crippen molar-refractivity contribution in [3.63, 3.8) is 0 Å². The monoisotopic (exact) mass is 290 g/mol. The zero-order valence-corrected chi connectivity index (χ0v) is 12.1. The highest BCUT2D eigenvalue weighted by Crippen LogP contribution is 2.21. The second-order valence-corrected chi connectivity index (χ2v) is 7.30. The molecule has 0 aromatic heterocycles. The second kappa shape index (κ2) is 6.34. The van der Waals surface area contributed by atoms with E-state index >= 15 is 0 Å². The summed E-state index contributed by atoms with van der Waals surface area (Å²) in [5, 5.41) is 8.83. The van der Waals surface area contributed by atoms with Crippen LogP contribution in [0.5, 0.6) is 5.75 Å². The van der Waals surface area contributed by atoms with Gasteiger partial charge in [0.1, 0.15) is 18.2 Å². The lowest BCUT2D eigenvalue weighted by molar-refractivity contribution is 0.194. The molecule has 0 heterocycles. The predicted octanol–water partition coefficient (Wildman–Crippen LogP) is 2.08. The van der Waals surface area contributed by atoms with Crippen molar-refractivity contribution in [1.82, 2.24) is 0 Å². The molecule has 1 rings (SSSR count). The molecule has 1 N–H and O–H groups in total. The van der Waals surface area contributed by atoms with Crippen molar-refractivity contribution in [2.45, 2.75) is 32.1 Å². The van der Waals surface area contributed by atoms with Crippen molar-refractivity contribution in [1.29, 1.82) is 0 Å². The Balaban J connectivity index is 2.63. The SMILES string of the molecule is CC(O)c1ccc(OCCS(=O)(=O)C(C)C)cc1F. The molecule has 19 heavy (non-hydrogen) atoms. The van der Waals surface area contributed by atoms with Gasteiger partial charge in [-0.3, -0.25) is 0 Å². The number of hydrogen-bond acceptors (Lipinski definition) is 4. The number of halogens is 1. The third kappa shape index (κ3) is 4.47. The molecule has 0 spiro atoms.